The van der Waals surface area contributed by atoms with E-state index < -0.39 is 0 Å². The lowest BCUT2D eigenvalue weighted by atomic mass is 9.95. The van der Waals surface area contributed by atoms with Crippen molar-refractivity contribution in [1.29, 1.82) is 0 Å². The molecule has 3 aromatic rings. The zero-order valence-electron chi connectivity index (χ0n) is 15.8. The third-order valence-electron chi connectivity index (χ3n) is 4.87. The minimum Gasteiger partial charge on any atom is -0.328 e. The first kappa shape index (κ1) is 18.4. The molecule has 2 N–H and O–H groups in total. The summed E-state index contributed by atoms with van der Waals surface area (Å²) in [7, 11) is 0. The molecule has 1 aliphatic heterocycles. The fraction of sp³-hybridized carbons (Fsp3) is 0.190. The zero-order valence-corrected chi connectivity index (χ0v) is 17.4. The molecule has 6 nitrogen and oxygen atoms in total. The topological polar surface area (TPSA) is 71.8 Å². The first-order chi connectivity index (χ1) is 13.5. The van der Waals surface area contributed by atoms with Crippen LogP contribution in [-0.4, -0.2) is 20.7 Å². The summed E-state index contributed by atoms with van der Waals surface area (Å²) in [6.07, 6.45) is 1.49. The molecule has 1 aliphatic rings. The monoisotopic (exact) mass is 437 g/mol. The minimum atomic E-state index is -0.389. The van der Waals surface area contributed by atoms with E-state index in [1.54, 1.807) is 4.68 Å². The fourth-order valence-electron chi connectivity index (χ4n) is 3.51. The number of anilines is 2. The highest BCUT2D eigenvalue weighted by molar-refractivity contribution is 9.10. The number of nitrogens with one attached hydrogen (secondary N) is 2. The van der Waals surface area contributed by atoms with Crippen LogP contribution in [0.25, 0.3) is 0 Å². The molecule has 0 saturated carbocycles. The molecule has 1 aromatic heterocycles. The van der Waals surface area contributed by atoms with Crippen molar-refractivity contribution in [2.75, 3.05) is 10.6 Å². The number of fused-ring (bicyclic) bond motifs is 1. The summed E-state index contributed by atoms with van der Waals surface area (Å²) in [4.78, 5) is 17.6. The first-order valence-electron chi connectivity index (χ1n) is 8.96. The van der Waals surface area contributed by atoms with Crippen LogP contribution in [0.5, 0.6) is 0 Å². The Morgan fingerprint density at radius 2 is 1.96 bits per heavy atom. The SMILES string of the molecule is CC1=C(C(=O)Nc2ccc(C)cc2C)C(c2ccccc2Br)n2ncnc2N1. The van der Waals surface area contributed by atoms with Crippen LogP contribution in [0.3, 0.4) is 0 Å². The van der Waals surface area contributed by atoms with Crippen molar-refractivity contribution in [2.45, 2.75) is 26.8 Å². The molecule has 2 heterocycles. The van der Waals surface area contributed by atoms with E-state index in [1.165, 1.54) is 6.33 Å². The number of allylic oxidation sites excluding steroid dienone is 1. The van der Waals surface area contributed by atoms with E-state index in [-0.39, 0.29) is 11.9 Å². The molecule has 1 atom stereocenters. The quantitative estimate of drug-likeness (QED) is 0.628. The Hall–Kier alpha value is -2.93. The van der Waals surface area contributed by atoms with Gasteiger partial charge >= 0.3 is 0 Å². The molecular weight excluding hydrogens is 418 g/mol. The van der Waals surface area contributed by atoms with Crippen LogP contribution in [0.15, 0.2) is 64.5 Å². The number of hydrogen-bond donors (Lipinski definition) is 2. The number of carbonyl (C=O) groups is 1. The Bertz CT molecular complexity index is 1100. The normalized spacial score (nSPS) is 15.8. The van der Waals surface area contributed by atoms with Crippen molar-refractivity contribution >= 4 is 33.5 Å². The molecule has 7 heteroatoms. The van der Waals surface area contributed by atoms with E-state index >= 15 is 0 Å². The lowest BCUT2D eigenvalue weighted by Crippen LogP contribution is -2.31. The molecule has 0 radical (unpaired) electrons. The molecule has 142 valence electrons. The number of aromatic nitrogens is 3. The Morgan fingerprint density at radius 1 is 1.18 bits per heavy atom. The van der Waals surface area contributed by atoms with Gasteiger partial charge in [-0.3, -0.25) is 4.79 Å². The Balaban J connectivity index is 1.79. The van der Waals surface area contributed by atoms with Crippen molar-refractivity contribution < 1.29 is 4.79 Å². The highest BCUT2D eigenvalue weighted by Gasteiger charge is 2.34. The molecule has 28 heavy (non-hydrogen) atoms. The van der Waals surface area contributed by atoms with Crippen LogP contribution in [0.2, 0.25) is 0 Å². The van der Waals surface area contributed by atoms with E-state index in [2.05, 4.69) is 42.7 Å². The summed E-state index contributed by atoms with van der Waals surface area (Å²) in [5.74, 6) is 0.445. The van der Waals surface area contributed by atoms with E-state index in [0.29, 0.717) is 11.5 Å². The summed E-state index contributed by atoms with van der Waals surface area (Å²) in [5.41, 5.74) is 5.28. The number of hydrogen-bond acceptors (Lipinski definition) is 4. The average molecular weight is 438 g/mol. The van der Waals surface area contributed by atoms with E-state index in [1.807, 2.05) is 57.2 Å². The van der Waals surface area contributed by atoms with E-state index in [4.69, 9.17) is 0 Å². The Morgan fingerprint density at radius 3 is 2.71 bits per heavy atom. The number of amides is 1. The van der Waals surface area contributed by atoms with E-state index in [9.17, 15) is 4.79 Å². The second kappa shape index (κ2) is 7.24. The molecule has 0 aliphatic carbocycles. The summed E-state index contributed by atoms with van der Waals surface area (Å²) >= 11 is 3.62. The summed E-state index contributed by atoms with van der Waals surface area (Å²) in [5, 5.41) is 10.6. The van der Waals surface area contributed by atoms with Crippen molar-refractivity contribution in [3.05, 3.63) is 81.2 Å². The highest BCUT2D eigenvalue weighted by Crippen LogP contribution is 2.38. The Labute approximate surface area is 171 Å². The number of carbonyl (C=O) groups excluding carboxylic acids is 1. The van der Waals surface area contributed by atoms with Gasteiger partial charge in [-0.15, -0.1) is 0 Å². The minimum absolute atomic E-state index is 0.168. The van der Waals surface area contributed by atoms with Gasteiger partial charge in [-0.2, -0.15) is 10.1 Å². The highest BCUT2D eigenvalue weighted by atomic mass is 79.9. The maximum absolute atomic E-state index is 13.4. The molecule has 1 amide bonds. The average Bonchev–Trinajstić information content (AvgIpc) is 3.11. The van der Waals surface area contributed by atoms with Gasteiger partial charge in [0.2, 0.25) is 5.95 Å². The number of rotatable bonds is 3. The van der Waals surface area contributed by atoms with Gasteiger partial charge in [0.15, 0.2) is 0 Å². The number of halogens is 1. The van der Waals surface area contributed by atoms with Gasteiger partial charge in [0.1, 0.15) is 12.4 Å². The lowest BCUT2D eigenvalue weighted by molar-refractivity contribution is -0.113. The number of nitrogens with zero attached hydrogens (tertiary/aromatic N) is 3. The second-order valence-corrected chi connectivity index (χ2v) is 7.74. The molecule has 2 aromatic carbocycles. The van der Waals surface area contributed by atoms with Crippen LogP contribution in [-0.2, 0) is 4.79 Å². The van der Waals surface area contributed by atoms with Gasteiger partial charge in [-0.25, -0.2) is 4.68 Å². The van der Waals surface area contributed by atoms with Gasteiger partial charge in [-0.1, -0.05) is 51.8 Å². The lowest BCUT2D eigenvalue weighted by Gasteiger charge is -2.29. The van der Waals surface area contributed by atoms with Crippen molar-refractivity contribution in [2.24, 2.45) is 0 Å². The zero-order chi connectivity index (χ0) is 19.8. The van der Waals surface area contributed by atoms with Crippen LogP contribution in [0.1, 0.15) is 29.7 Å². The molecule has 0 saturated heterocycles. The van der Waals surface area contributed by atoms with Gasteiger partial charge in [0, 0.05) is 15.9 Å². The second-order valence-electron chi connectivity index (χ2n) is 6.89. The maximum Gasteiger partial charge on any atom is 0.255 e. The Kier molecular flexibility index (Phi) is 4.77. The molecule has 0 spiro atoms. The van der Waals surface area contributed by atoms with Crippen LogP contribution >= 0.6 is 15.9 Å². The molecular formula is C21H20BrN5O. The van der Waals surface area contributed by atoms with Crippen LogP contribution < -0.4 is 10.6 Å². The van der Waals surface area contributed by atoms with Crippen molar-refractivity contribution in [1.82, 2.24) is 14.8 Å². The largest absolute Gasteiger partial charge is 0.328 e. The third kappa shape index (κ3) is 3.22. The summed E-state index contributed by atoms with van der Waals surface area (Å²) < 4.78 is 2.65. The molecule has 0 bridgehead atoms. The van der Waals surface area contributed by atoms with Gasteiger partial charge < -0.3 is 10.6 Å². The maximum atomic E-state index is 13.4. The van der Waals surface area contributed by atoms with Gasteiger partial charge in [0.25, 0.3) is 5.91 Å². The van der Waals surface area contributed by atoms with Crippen molar-refractivity contribution in [3.63, 3.8) is 0 Å². The van der Waals surface area contributed by atoms with Crippen LogP contribution in [0, 0.1) is 13.8 Å². The van der Waals surface area contributed by atoms with E-state index in [0.717, 1.165) is 32.5 Å². The first-order valence-corrected chi connectivity index (χ1v) is 9.75. The number of aryl methyl sites for hydroxylation is 2. The van der Waals surface area contributed by atoms with Crippen LogP contribution in [0.4, 0.5) is 11.6 Å². The third-order valence-corrected chi connectivity index (χ3v) is 5.59. The standard InChI is InChI=1S/C21H20BrN5O/c1-12-8-9-17(13(2)10-12)26-20(28)18-14(3)25-21-23-11-24-27(21)19(18)15-6-4-5-7-16(15)22/h4-11,19H,1-3H3,(H,26,28)(H,23,24,25). The summed E-state index contributed by atoms with van der Waals surface area (Å²) in [6, 6.07) is 13.4. The molecule has 4 rings (SSSR count). The van der Waals surface area contributed by atoms with Crippen molar-refractivity contribution in [3.8, 4) is 0 Å². The summed E-state index contributed by atoms with van der Waals surface area (Å²) in [6.45, 7) is 5.91. The fourth-order valence-corrected chi connectivity index (χ4v) is 4.01. The smallest absolute Gasteiger partial charge is 0.255 e. The number of benzene rings is 2. The predicted molar refractivity (Wildman–Crippen MR) is 113 cm³/mol. The predicted octanol–water partition coefficient (Wildman–Crippen LogP) is 4.59. The molecule has 0 fully saturated rings. The molecule has 1 unspecified atom stereocenters. The van der Waals surface area contributed by atoms with Gasteiger partial charge in [0.05, 0.1) is 5.57 Å². The van der Waals surface area contributed by atoms with Gasteiger partial charge in [-0.05, 0) is 44.0 Å².